The molecule has 0 radical (unpaired) electrons. The molecule has 3 heterocycles. The molecule has 1 aliphatic rings. The highest BCUT2D eigenvalue weighted by molar-refractivity contribution is 7.18. The van der Waals surface area contributed by atoms with E-state index in [9.17, 15) is 10.1 Å². The number of fused-ring (bicyclic) bond motifs is 1. The molecule has 0 N–H and O–H groups in total. The fourth-order valence-electron chi connectivity index (χ4n) is 3.35. The van der Waals surface area contributed by atoms with Crippen molar-refractivity contribution in [1.29, 1.82) is 0 Å². The van der Waals surface area contributed by atoms with Crippen LogP contribution in [0.2, 0.25) is 5.02 Å². The molecule has 8 nitrogen and oxygen atoms in total. The third-order valence-corrected chi connectivity index (χ3v) is 6.56. The van der Waals surface area contributed by atoms with E-state index in [0.29, 0.717) is 42.8 Å². The number of hydrogen-bond donors (Lipinski definition) is 0. The van der Waals surface area contributed by atoms with Crippen molar-refractivity contribution in [3.8, 4) is 11.6 Å². The number of nitrogens with zero attached hydrogens (tertiary/aromatic N) is 4. The van der Waals surface area contributed by atoms with Gasteiger partial charge in [-0.05, 0) is 38.0 Å². The molecular formula is C20H21ClN4O4S. The Balaban J connectivity index is 1.77. The van der Waals surface area contributed by atoms with Crippen molar-refractivity contribution in [2.24, 2.45) is 0 Å². The van der Waals surface area contributed by atoms with E-state index >= 15 is 0 Å². The zero-order valence-corrected chi connectivity index (χ0v) is 18.5. The maximum atomic E-state index is 11.3. The number of benzene rings is 1. The number of halogens is 1. The molecule has 0 unspecified atom stereocenters. The predicted octanol–water partition coefficient (Wildman–Crippen LogP) is 4.80. The summed E-state index contributed by atoms with van der Waals surface area (Å²) < 4.78 is 11.6. The molecule has 4 rings (SSSR count). The summed E-state index contributed by atoms with van der Waals surface area (Å²) in [4.78, 5) is 24.4. The molecular weight excluding hydrogens is 428 g/mol. The lowest BCUT2D eigenvalue weighted by molar-refractivity contribution is -0.384. The first kappa shape index (κ1) is 20.9. The summed E-state index contributed by atoms with van der Waals surface area (Å²) in [5, 5.41) is 12.2. The number of nitro groups is 1. The highest BCUT2D eigenvalue weighted by Crippen LogP contribution is 2.39. The Labute approximate surface area is 182 Å². The molecule has 0 saturated carbocycles. The van der Waals surface area contributed by atoms with Gasteiger partial charge in [0, 0.05) is 18.0 Å². The normalized spacial score (nSPS) is 14.9. The Bertz CT molecular complexity index is 1130. The van der Waals surface area contributed by atoms with Gasteiger partial charge in [-0.2, -0.15) is 4.98 Å². The van der Waals surface area contributed by atoms with Crippen LogP contribution in [0.15, 0.2) is 12.1 Å². The molecule has 0 amide bonds. The molecule has 30 heavy (non-hydrogen) atoms. The number of rotatable bonds is 5. The van der Waals surface area contributed by atoms with Crippen LogP contribution in [-0.2, 0) is 11.3 Å². The van der Waals surface area contributed by atoms with E-state index < -0.39 is 4.92 Å². The molecule has 1 aliphatic heterocycles. The second-order valence-electron chi connectivity index (χ2n) is 7.23. The zero-order chi connectivity index (χ0) is 21.4. The number of hydrogen-bond acceptors (Lipinski definition) is 8. The average Bonchev–Trinajstić information content (AvgIpc) is 2.98. The molecule has 0 spiro atoms. The Morgan fingerprint density at radius 3 is 2.70 bits per heavy atom. The van der Waals surface area contributed by atoms with E-state index in [2.05, 4.69) is 4.90 Å². The summed E-state index contributed by atoms with van der Waals surface area (Å²) in [5.41, 5.74) is 1.54. The first-order chi connectivity index (χ1) is 14.3. The Morgan fingerprint density at radius 1 is 1.27 bits per heavy atom. The van der Waals surface area contributed by atoms with Crippen LogP contribution in [-0.4, -0.2) is 46.1 Å². The molecule has 0 bridgehead atoms. The van der Waals surface area contributed by atoms with Crippen molar-refractivity contribution in [2.75, 3.05) is 26.3 Å². The third-order valence-electron chi connectivity index (χ3n) is 5.16. The van der Waals surface area contributed by atoms with Gasteiger partial charge >= 0.3 is 0 Å². The Morgan fingerprint density at radius 2 is 2.00 bits per heavy atom. The van der Waals surface area contributed by atoms with Gasteiger partial charge in [-0.3, -0.25) is 15.0 Å². The SMILES string of the molecule is Cc1cc(Cl)c([N+](=O)[O-])cc1Oc1nc(CN2CCOCC2)nc2sc(C)c(C)c12. The summed E-state index contributed by atoms with van der Waals surface area (Å²) >= 11 is 7.61. The lowest BCUT2D eigenvalue weighted by atomic mass is 10.2. The highest BCUT2D eigenvalue weighted by Gasteiger charge is 2.21. The molecule has 1 fully saturated rings. The highest BCUT2D eigenvalue weighted by atomic mass is 35.5. The van der Waals surface area contributed by atoms with Crippen LogP contribution in [0.3, 0.4) is 0 Å². The van der Waals surface area contributed by atoms with Crippen LogP contribution in [0.4, 0.5) is 5.69 Å². The molecule has 1 aromatic carbocycles. The minimum atomic E-state index is -0.520. The van der Waals surface area contributed by atoms with Crippen molar-refractivity contribution < 1.29 is 14.4 Å². The largest absolute Gasteiger partial charge is 0.438 e. The topological polar surface area (TPSA) is 90.6 Å². The molecule has 3 aromatic rings. The summed E-state index contributed by atoms with van der Waals surface area (Å²) in [7, 11) is 0. The quantitative estimate of drug-likeness (QED) is 0.408. The minimum Gasteiger partial charge on any atom is -0.438 e. The van der Waals surface area contributed by atoms with Crippen LogP contribution in [0, 0.1) is 30.9 Å². The van der Waals surface area contributed by atoms with Gasteiger partial charge in [0.2, 0.25) is 5.88 Å². The minimum absolute atomic E-state index is 0.0771. The fourth-order valence-corrected chi connectivity index (χ4v) is 4.68. The van der Waals surface area contributed by atoms with E-state index in [1.165, 1.54) is 12.1 Å². The van der Waals surface area contributed by atoms with Crippen molar-refractivity contribution >= 4 is 38.8 Å². The summed E-state index contributed by atoms with van der Waals surface area (Å²) in [6.07, 6.45) is 0. The zero-order valence-electron chi connectivity index (χ0n) is 16.9. The van der Waals surface area contributed by atoms with Gasteiger partial charge in [0.05, 0.1) is 36.1 Å². The van der Waals surface area contributed by atoms with E-state index in [1.54, 1.807) is 18.3 Å². The maximum absolute atomic E-state index is 11.3. The monoisotopic (exact) mass is 448 g/mol. The predicted molar refractivity (Wildman–Crippen MR) is 116 cm³/mol. The molecule has 0 atom stereocenters. The second-order valence-corrected chi connectivity index (χ2v) is 8.84. The van der Waals surface area contributed by atoms with E-state index in [4.69, 9.17) is 31.0 Å². The number of nitro benzene ring substituents is 1. The average molecular weight is 449 g/mol. The van der Waals surface area contributed by atoms with E-state index in [1.807, 2.05) is 13.8 Å². The Hall–Kier alpha value is -2.33. The standard InChI is InChI=1S/C20H21ClN4O4S/c1-11-8-14(21)15(25(26)27)9-16(11)29-19-18-12(2)13(3)30-20(18)23-17(22-19)10-24-4-6-28-7-5-24/h8-9H,4-7,10H2,1-3H3. The van der Waals surface area contributed by atoms with Crippen molar-refractivity contribution in [3.05, 3.63) is 49.1 Å². The van der Waals surface area contributed by atoms with Gasteiger partial charge < -0.3 is 9.47 Å². The van der Waals surface area contributed by atoms with E-state index in [-0.39, 0.29) is 10.7 Å². The second kappa shape index (κ2) is 8.43. The van der Waals surface area contributed by atoms with Gasteiger partial charge in [0.25, 0.3) is 5.69 Å². The van der Waals surface area contributed by atoms with Crippen molar-refractivity contribution in [1.82, 2.24) is 14.9 Å². The van der Waals surface area contributed by atoms with Crippen LogP contribution in [0.5, 0.6) is 11.6 Å². The van der Waals surface area contributed by atoms with Gasteiger partial charge in [-0.15, -0.1) is 11.3 Å². The Kier molecular flexibility index (Phi) is 5.88. The lowest BCUT2D eigenvalue weighted by Gasteiger charge is -2.25. The number of thiophene rings is 1. The molecule has 0 aliphatic carbocycles. The first-order valence-corrected chi connectivity index (χ1v) is 10.7. The molecule has 1 saturated heterocycles. The van der Waals surface area contributed by atoms with Gasteiger partial charge in [-0.1, -0.05) is 11.6 Å². The number of aromatic nitrogens is 2. The van der Waals surface area contributed by atoms with Crippen molar-refractivity contribution in [2.45, 2.75) is 27.3 Å². The number of ether oxygens (including phenoxy) is 2. The van der Waals surface area contributed by atoms with Crippen LogP contribution >= 0.6 is 22.9 Å². The molecule has 10 heteroatoms. The third kappa shape index (κ3) is 4.11. The summed E-state index contributed by atoms with van der Waals surface area (Å²) in [6.45, 7) is 9.45. The van der Waals surface area contributed by atoms with Crippen LogP contribution in [0.25, 0.3) is 10.2 Å². The van der Waals surface area contributed by atoms with E-state index in [0.717, 1.165) is 33.7 Å². The summed E-state index contributed by atoms with van der Waals surface area (Å²) in [6, 6.07) is 2.88. The first-order valence-electron chi connectivity index (χ1n) is 9.52. The molecule has 158 valence electrons. The van der Waals surface area contributed by atoms with Gasteiger partial charge in [0.1, 0.15) is 21.4 Å². The van der Waals surface area contributed by atoms with Crippen LogP contribution < -0.4 is 4.74 Å². The van der Waals surface area contributed by atoms with Crippen LogP contribution in [0.1, 0.15) is 21.8 Å². The smallest absolute Gasteiger partial charge is 0.291 e. The molecule has 2 aromatic heterocycles. The maximum Gasteiger partial charge on any atom is 0.291 e. The van der Waals surface area contributed by atoms with Gasteiger partial charge in [-0.25, -0.2) is 4.98 Å². The summed E-state index contributed by atoms with van der Waals surface area (Å²) in [5.74, 6) is 1.42. The lowest BCUT2D eigenvalue weighted by Crippen LogP contribution is -2.36. The van der Waals surface area contributed by atoms with Gasteiger partial charge in [0.15, 0.2) is 0 Å². The number of morpholine rings is 1. The number of aryl methyl sites for hydroxylation is 3. The van der Waals surface area contributed by atoms with Crippen molar-refractivity contribution in [3.63, 3.8) is 0 Å². The fraction of sp³-hybridized carbons (Fsp3) is 0.400.